The summed E-state index contributed by atoms with van der Waals surface area (Å²) in [6.45, 7) is 4.65. The molecule has 0 aliphatic rings. The van der Waals surface area contributed by atoms with Gasteiger partial charge in [0.05, 0.1) is 24.9 Å². The maximum Gasteiger partial charge on any atom is 0.293 e. The molecule has 1 aromatic heterocycles. The highest BCUT2D eigenvalue weighted by molar-refractivity contribution is 5.36. The lowest BCUT2D eigenvalue weighted by Gasteiger charge is -2.03. The van der Waals surface area contributed by atoms with E-state index < -0.39 is 6.17 Å². The number of ether oxygens (including phenoxy) is 1. The summed E-state index contributed by atoms with van der Waals surface area (Å²) in [4.78, 5) is 9.18. The van der Waals surface area contributed by atoms with Crippen LogP contribution in [0.15, 0.2) is 6.20 Å². The van der Waals surface area contributed by atoms with Gasteiger partial charge in [0.15, 0.2) is 0 Å². The fourth-order valence-electron chi connectivity index (χ4n) is 1.07. The van der Waals surface area contributed by atoms with Crippen LogP contribution in [0.4, 0.5) is 4.39 Å². The molecule has 0 amide bonds. The van der Waals surface area contributed by atoms with E-state index in [9.17, 15) is 9.18 Å². The highest BCUT2D eigenvalue weighted by Gasteiger charge is 2.07. The quantitative estimate of drug-likeness (QED) is 0.719. The van der Waals surface area contributed by atoms with Crippen molar-refractivity contribution in [2.24, 2.45) is 0 Å². The number of halogens is 1. The Labute approximate surface area is 105 Å². The van der Waals surface area contributed by atoms with E-state index in [1.165, 1.54) is 4.68 Å². The van der Waals surface area contributed by atoms with E-state index in [0.717, 1.165) is 5.69 Å². The highest BCUT2D eigenvalue weighted by atomic mass is 19.1. The molecule has 7 heteroatoms. The van der Waals surface area contributed by atoms with E-state index in [2.05, 4.69) is 15.0 Å². The maximum absolute atomic E-state index is 13.0. The summed E-state index contributed by atoms with van der Waals surface area (Å²) in [7, 11) is 0. The summed E-state index contributed by atoms with van der Waals surface area (Å²) in [5.41, 5.74) is 0.771. The molecule has 0 N–H and O–H groups in total. The van der Waals surface area contributed by atoms with Crippen LogP contribution in [-0.4, -0.2) is 34.2 Å². The van der Waals surface area contributed by atoms with Crippen LogP contribution in [0.2, 0.25) is 0 Å². The van der Waals surface area contributed by atoms with E-state index in [1.54, 1.807) is 20.0 Å². The molecule has 1 rings (SSSR count). The normalized spacial score (nSPS) is 10.8. The van der Waals surface area contributed by atoms with Gasteiger partial charge in [0.25, 0.3) is 6.47 Å². The van der Waals surface area contributed by atoms with E-state index in [1.807, 2.05) is 6.07 Å². The van der Waals surface area contributed by atoms with E-state index >= 15 is 0 Å². The molecule has 0 spiro atoms. The molecule has 1 aromatic rings. The third-order valence-corrected chi connectivity index (χ3v) is 1.84. The van der Waals surface area contributed by atoms with Gasteiger partial charge in [-0.2, -0.15) is 5.26 Å². The van der Waals surface area contributed by atoms with Crippen LogP contribution >= 0.6 is 0 Å². The van der Waals surface area contributed by atoms with Crippen LogP contribution in [0.5, 0.6) is 0 Å². The third kappa shape index (κ3) is 8.21. The molecule has 0 aliphatic heterocycles. The van der Waals surface area contributed by atoms with Crippen LogP contribution in [0.1, 0.15) is 25.5 Å². The summed E-state index contributed by atoms with van der Waals surface area (Å²) in [5.74, 6) is 0. The molecule has 18 heavy (non-hydrogen) atoms. The van der Waals surface area contributed by atoms with Crippen molar-refractivity contribution in [1.82, 2.24) is 15.0 Å². The van der Waals surface area contributed by atoms with Crippen molar-refractivity contribution >= 4 is 6.47 Å². The first-order valence-electron chi connectivity index (χ1n) is 5.57. The molecule has 0 fully saturated rings. The summed E-state index contributed by atoms with van der Waals surface area (Å²) in [5, 5.41) is 15.7. The molecule has 0 saturated heterocycles. The smallest absolute Gasteiger partial charge is 0.293 e. The summed E-state index contributed by atoms with van der Waals surface area (Å²) in [6, 6.07) is 1.90. The largest absolute Gasteiger partial charge is 0.468 e. The van der Waals surface area contributed by atoms with Crippen molar-refractivity contribution < 1.29 is 13.9 Å². The number of nitriles is 1. The molecule has 0 aliphatic carbocycles. The van der Waals surface area contributed by atoms with Crippen molar-refractivity contribution in [3.8, 4) is 6.07 Å². The molecule has 0 bridgehead atoms. The van der Waals surface area contributed by atoms with Crippen molar-refractivity contribution in [3.63, 3.8) is 0 Å². The van der Waals surface area contributed by atoms with Crippen LogP contribution < -0.4 is 0 Å². The number of carbonyl (C=O) groups excluding carboxylic acids is 1. The summed E-state index contributed by atoms with van der Waals surface area (Å²) >= 11 is 0. The molecular formula is C11H17FN4O2. The van der Waals surface area contributed by atoms with Gasteiger partial charge < -0.3 is 4.74 Å². The minimum Gasteiger partial charge on any atom is -0.468 e. The van der Waals surface area contributed by atoms with Crippen molar-refractivity contribution in [1.29, 1.82) is 5.26 Å². The third-order valence-electron chi connectivity index (χ3n) is 1.84. The van der Waals surface area contributed by atoms with Crippen LogP contribution in [0.3, 0.4) is 0 Å². The molecular weight excluding hydrogens is 239 g/mol. The standard InChI is InChI=1S/C8H11FN4.C3H6O2/c1-7-5-13(12-11-7)6-8(9)3-2-4-10;1-2-5-3-4/h5,8H,2-3,6H2,1H3;3H,2H2,1H3. The van der Waals surface area contributed by atoms with Gasteiger partial charge in [-0.3, -0.25) is 4.79 Å². The Kier molecular flexibility index (Phi) is 9.08. The molecule has 1 unspecified atom stereocenters. The van der Waals surface area contributed by atoms with Crippen LogP contribution in [-0.2, 0) is 16.1 Å². The highest BCUT2D eigenvalue weighted by Crippen LogP contribution is 2.04. The fraction of sp³-hybridized carbons (Fsp3) is 0.636. The summed E-state index contributed by atoms with van der Waals surface area (Å²) < 4.78 is 18.7. The Morgan fingerprint density at radius 3 is 2.83 bits per heavy atom. The lowest BCUT2D eigenvalue weighted by Crippen LogP contribution is -2.11. The predicted octanol–water partition coefficient (Wildman–Crippen LogP) is 1.41. The Bertz CT molecular complexity index is 375. The minimum atomic E-state index is -1.01. The van der Waals surface area contributed by atoms with E-state index in [-0.39, 0.29) is 19.4 Å². The van der Waals surface area contributed by atoms with Gasteiger partial charge in [0.1, 0.15) is 6.17 Å². The van der Waals surface area contributed by atoms with Gasteiger partial charge in [-0.05, 0) is 20.3 Å². The molecule has 100 valence electrons. The number of rotatable bonds is 6. The first-order valence-corrected chi connectivity index (χ1v) is 5.57. The Hall–Kier alpha value is -1.97. The first kappa shape index (κ1) is 16.0. The number of hydrogen-bond acceptors (Lipinski definition) is 5. The molecule has 0 aromatic carbocycles. The zero-order chi connectivity index (χ0) is 13.8. The number of nitrogens with zero attached hydrogens (tertiary/aromatic N) is 4. The average molecular weight is 256 g/mol. The number of aryl methyl sites for hydroxylation is 1. The SMILES string of the molecule is CCOC=O.Cc1cn(CC(F)CCC#N)nn1. The van der Waals surface area contributed by atoms with Crippen molar-refractivity contribution in [2.45, 2.75) is 39.4 Å². The van der Waals surface area contributed by atoms with Crippen molar-refractivity contribution in [2.75, 3.05) is 6.61 Å². The van der Waals surface area contributed by atoms with Crippen LogP contribution in [0, 0.1) is 18.3 Å². The second-order valence-electron chi connectivity index (χ2n) is 3.43. The van der Waals surface area contributed by atoms with Gasteiger partial charge in [-0.1, -0.05) is 5.21 Å². The Morgan fingerprint density at radius 2 is 2.44 bits per heavy atom. The second-order valence-corrected chi connectivity index (χ2v) is 3.43. The first-order chi connectivity index (χ1) is 8.63. The van der Waals surface area contributed by atoms with E-state index in [4.69, 9.17) is 5.26 Å². The van der Waals surface area contributed by atoms with Crippen LogP contribution in [0.25, 0.3) is 0 Å². The number of carbonyl (C=O) groups is 1. The molecule has 1 heterocycles. The topological polar surface area (TPSA) is 80.8 Å². The van der Waals surface area contributed by atoms with Gasteiger partial charge in [0.2, 0.25) is 0 Å². The molecule has 1 atom stereocenters. The maximum atomic E-state index is 13.0. The predicted molar refractivity (Wildman–Crippen MR) is 62.2 cm³/mol. The Balaban J connectivity index is 0.000000494. The van der Waals surface area contributed by atoms with Gasteiger partial charge in [-0.25, -0.2) is 9.07 Å². The molecule has 0 saturated carbocycles. The Morgan fingerprint density at radius 1 is 1.72 bits per heavy atom. The van der Waals surface area contributed by atoms with Gasteiger partial charge >= 0.3 is 0 Å². The zero-order valence-electron chi connectivity index (χ0n) is 10.5. The van der Waals surface area contributed by atoms with E-state index in [0.29, 0.717) is 13.1 Å². The van der Waals surface area contributed by atoms with Crippen molar-refractivity contribution in [3.05, 3.63) is 11.9 Å². The zero-order valence-corrected chi connectivity index (χ0v) is 10.5. The molecule has 0 radical (unpaired) electrons. The fourth-order valence-corrected chi connectivity index (χ4v) is 1.07. The summed E-state index contributed by atoms with van der Waals surface area (Å²) in [6.07, 6.45) is 1.17. The number of hydrogen-bond donors (Lipinski definition) is 0. The average Bonchev–Trinajstić information content (AvgIpc) is 2.74. The number of aromatic nitrogens is 3. The lowest BCUT2D eigenvalue weighted by molar-refractivity contribution is -0.128. The monoisotopic (exact) mass is 256 g/mol. The molecule has 6 nitrogen and oxygen atoms in total. The van der Waals surface area contributed by atoms with Gasteiger partial charge in [0, 0.05) is 12.6 Å². The second kappa shape index (κ2) is 10.2. The lowest BCUT2D eigenvalue weighted by atomic mass is 10.2. The number of alkyl halides is 1. The minimum absolute atomic E-state index is 0.183. The van der Waals surface area contributed by atoms with Gasteiger partial charge in [-0.15, -0.1) is 5.10 Å².